The molecule has 0 aliphatic heterocycles. The lowest BCUT2D eigenvalue weighted by molar-refractivity contribution is -0.137. The lowest BCUT2D eigenvalue weighted by atomic mass is 9.99. The maximum Gasteiger partial charge on any atom is 0.303 e. The fraction of sp³-hybridized carbons (Fsp3) is 0.625. The van der Waals surface area contributed by atoms with Crippen LogP contribution in [-0.2, 0) is 4.79 Å². The quantitative estimate of drug-likeness (QED) is 0.780. The van der Waals surface area contributed by atoms with Gasteiger partial charge >= 0.3 is 5.97 Å². The molecule has 0 saturated heterocycles. The lowest BCUT2D eigenvalue weighted by Gasteiger charge is -2.24. The summed E-state index contributed by atoms with van der Waals surface area (Å²) in [4.78, 5) is 10.4. The first kappa shape index (κ1) is 10.9. The molecule has 0 saturated carbocycles. The predicted octanol–water partition coefficient (Wildman–Crippen LogP) is 1.59. The van der Waals surface area contributed by atoms with Gasteiger partial charge in [0.05, 0.1) is 0 Å². The van der Waals surface area contributed by atoms with E-state index >= 15 is 0 Å². The van der Waals surface area contributed by atoms with Crippen LogP contribution in [0, 0.1) is 0 Å². The molecule has 0 bridgehead atoms. The molecule has 78 valence electrons. The van der Waals surface area contributed by atoms with E-state index < -0.39 is 5.97 Å². The van der Waals surface area contributed by atoms with Gasteiger partial charge in [-0.2, -0.15) is 0 Å². The average Bonchev–Trinajstić information content (AvgIpc) is 2.53. The van der Waals surface area contributed by atoms with Gasteiger partial charge in [-0.25, -0.2) is 0 Å². The molecule has 1 rings (SSSR count). The van der Waals surface area contributed by atoms with E-state index in [1.165, 1.54) is 11.3 Å². The summed E-state index contributed by atoms with van der Waals surface area (Å²) in [6, 6.07) is 0. The van der Waals surface area contributed by atoms with Crippen LogP contribution in [0.5, 0.6) is 0 Å². The Hall–Kier alpha value is -1.17. The fourth-order valence-corrected chi connectivity index (χ4v) is 1.62. The minimum atomic E-state index is -0.780. The van der Waals surface area contributed by atoms with Crippen molar-refractivity contribution in [1.29, 1.82) is 0 Å². The summed E-state index contributed by atoms with van der Waals surface area (Å²) in [5.74, 6) is -0.780. The Kier molecular flexibility index (Phi) is 3.40. The first-order chi connectivity index (χ1) is 6.49. The van der Waals surface area contributed by atoms with Gasteiger partial charge in [0, 0.05) is 12.0 Å². The molecule has 0 aliphatic rings. The van der Waals surface area contributed by atoms with Gasteiger partial charge in [0.2, 0.25) is 5.13 Å². The summed E-state index contributed by atoms with van der Waals surface area (Å²) in [5, 5.41) is 19.9. The number of carboxylic acid groups (broad SMARTS) is 1. The number of nitrogens with zero attached hydrogens (tertiary/aromatic N) is 2. The predicted molar refractivity (Wildman–Crippen MR) is 54.5 cm³/mol. The molecule has 1 heterocycles. The highest BCUT2D eigenvalue weighted by Gasteiger charge is 2.19. The smallest absolute Gasteiger partial charge is 0.303 e. The van der Waals surface area contributed by atoms with Gasteiger partial charge in [-0.05, 0) is 20.3 Å². The van der Waals surface area contributed by atoms with Crippen molar-refractivity contribution in [1.82, 2.24) is 10.2 Å². The largest absolute Gasteiger partial charge is 0.481 e. The van der Waals surface area contributed by atoms with Gasteiger partial charge in [0.1, 0.15) is 5.51 Å². The molecule has 0 radical (unpaired) electrons. The molecule has 2 N–H and O–H groups in total. The Balaban J connectivity index is 2.45. The fourth-order valence-electron chi connectivity index (χ4n) is 0.999. The Morgan fingerprint density at radius 2 is 2.43 bits per heavy atom. The molecule has 0 aliphatic carbocycles. The topological polar surface area (TPSA) is 75.1 Å². The van der Waals surface area contributed by atoms with Crippen LogP contribution in [0.25, 0.3) is 0 Å². The Morgan fingerprint density at radius 1 is 1.71 bits per heavy atom. The second-order valence-corrected chi connectivity index (χ2v) is 4.48. The first-order valence-corrected chi connectivity index (χ1v) is 5.14. The Morgan fingerprint density at radius 3 is 2.93 bits per heavy atom. The molecule has 5 nitrogen and oxygen atoms in total. The molecule has 14 heavy (non-hydrogen) atoms. The number of carbonyl (C=O) groups is 1. The number of nitrogens with one attached hydrogen (secondary N) is 1. The van der Waals surface area contributed by atoms with Gasteiger partial charge < -0.3 is 10.4 Å². The van der Waals surface area contributed by atoms with Crippen molar-refractivity contribution in [3.05, 3.63) is 5.51 Å². The molecule has 0 atom stereocenters. The van der Waals surface area contributed by atoms with E-state index in [2.05, 4.69) is 15.5 Å². The maximum atomic E-state index is 10.4. The van der Waals surface area contributed by atoms with Crippen molar-refractivity contribution in [2.45, 2.75) is 32.2 Å². The van der Waals surface area contributed by atoms with Crippen LogP contribution in [0.2, 0.25) is 0 Å². The van der Waals surface area contributed by atoms with E-state index in [4.69, 9.17) is 5.11 Å². The minimum Gasteiger partial charge on any atom is -0.481 e. The van der Waals surface area contributed by atoms with E-state index in [1.54, 1.807) is 5.51 Å². The van der Waals surface area contributed by atoms with Crippen LogP contribution >= 0.6 is 11.3 Å². The minimum absolute atomic E-state index is 0.152. The second-order valence-electron chi connectivity index (χ2n) is 3.65. The van der Waals surface area contributed by atoms with Crippen molar-refractivity contribution in [3.63, 3.8) is 0 Å². The number of carboxylic acids is 1. The monoisotopic (exact) mass is 215 g/mol. The van der Waals surface area contributed by atoms with Crippen molar-refractivity contribution in [2.75, 3.05) is 5.32 Å². The SMILES string of the molecule is CC(C)(CCC(=O)O)Nc1nncs1. The highest BCUT2D eigenvalue weighted by molar-refractivity contribution is 7.13. The zero-order chi connectivity index (χ0) is 10.6. The van der Waals surface area contributed by atoms with Crippen LogP contribution in [0.1, 0.15) is 26.7 Å². The van der Waals surface area contributed by atoms with Crippen LogP contribution in [0.15, 0.2) is 5.51 Å². The lowest BCUT2D eigenvalue weighted by Crippen LogP contribution is -2.31. The van der Waals surface area contributed by atoms with E-state index in [9.17, 15) is 4.79 Å². The summed E-state index contributed by atoms with van der Waals surface area (Å²) in [5.41, 5.74) is 1.37. The molecule has 0 fully saturated rings. The first-order valence-electron chi connectivity index (χ1n) is 4.26. The molecule has 0 unspecified atom stereocenters. The van der Waals surface area contributed by atoms with Crippen molar-refractivity contribution in [3.8, 4) is 0 Å². The van der Waals surface area contributed by atoms with E-state index in [1.807, 2.05) is 13.8 Å². The van der Waals surface area contributed by atoms with Gasteiger partial charge in [0.25, 0.3) is 0 Å². The number of aromatic nitrogens is 2. The molecule has 1 aromatic rings. The molecular weight excluding hydrogens is 202 g/mol. The average molecular weight is 215 g/mol. The van der Waals surface area contributed by atoms with Gasteiger partial charge in [-0.3, -0.25) is 4.79 Å². The molecule has 6 heteroatoms. The molecule has 0 amide bonds. The maximum absolute atomic E-state index is 10.4. The third-order valence-electron chi connectivity index (χ3n) is 1.77. The van der Waals surface area contributed by atoms with Crippen molar-refractivity contribution < 1.29 is 9.90 Å². The van der Waals surface area contributed by atoms with E-state index in [-0.39, 0.29) is 12.0 Å². The zero-order valence-electron chi connectivity index (χ0n) is 8.15. The highest BCUT2D eigenvalue weighted by atomic mass is 32.1. The zero-order valence-corrected chi connectivity index (χ0v) is 8.97. The highest BCUT2D eigenvalue weighted by Crippen LogP contribution is 2.20. The summed E-state index contributed by atoms with van der Waals surface area (Å²) >= 11 is 1.40. The Bertz CT molecular complexity index is 298. The number of hydrogen-bond donors (Lipinski definition) is 2. The number of aliphatic carboxylic acids is 1. The third kappa shape index (κ3) is 3.69. The van der Waals surface area contributed by atoms with Gasteiger partial charge in [-0.15, -0.1) is 10.2 Å². The number of rotatable bonds is 5. The van der Waals surface area contributed by atoms with Gasteiger partial charge in [0.15, 0.2) is 0 Å². The standard InChI is InChI=1S/C8H13N3O2S/c1-8(2,4-3-6(12)13)10-7-11-9-5-14-7/h5H,3-4H2,1-2H3,(H,10,11)(H,12,13). The number of hydrogen-bond acceptors (Lipinski definition) is 5. The normalized spacial score (nSPS) is 11.3. The molecule has 0 spiro atoms. The van der Waals surface area contributed by atoms with E-state index in [0.29, 0.717) is 6.42 Å². The van der Waals surface area contributed by atoms with Crippen molar-refractivity contribution >= 4 is 22.4 Å². The summed E-state index contributed by atoms with van der Waals surface area (Å²) in [6.45, 7) is 3.88. The third-order valence-corrected chi connectivity index (χ3v) is 2.38. The molecule has 0 aromatic carbocycles. The second kappa shape index (κ2) is 4.36. The van der Waals surface area contributed by atoms with E-state index in [0.717, 1.165) is 5.13 Å². The van der Waals surface area contributed by atoms with Gasteiger partial charge in [-0.1, -0.05) is 11.3 Å². The van der Waals surface area contributed by atoms with Crippen LogP contribution in [0.4, 0.5) is 5.13 Å². The summed E-state index contributed by atoms with van der Waals surface area (Å²) < 4.78 is 0. The summed E-state index contributed by atoms with van der Waals surface area (Å²) in [7, 11) is 0. The molecule has 1 aromatic heterocycles. The van der Waals surface area contributed by atoms with Crippen LogP contribution in [0.3, 0.4) is 0 Å². The number of anilines is 1. The summed E-state index contributed by atoms with van der Waals surface area (Å²) in [6.07, 6.45) is 0.709. The molecular formula is C8H13N3O2S. The van der Waals surface area contributed by atoms with Crippen LogP contribution in [-0.4, -0.2) is 26.8 Å². The van der Waals surface area contributed by atoms with Crippen LogP contribution < -0.4 is 5.32 Å². The van der Waals surface area contributed by atoms with Crippen molar-refractivity contribution in [2.24, 2.45) is 0 Å². The Labute approximate surface area is 86.2 Å².